The normalized spacial score (nSPS) is 18.4. The van der Waals surface area contributed by atoms with Crippen molar-refractivity contribution >= 4 is 21.8 Å². The van der Waals surface area contributed by atoms with Crippen LogP contribution in [-0.4, -0.2) is 40.7 Å². The molecule has 9 heteroatoms. The van der Waals surface area contributed by atoms with Gasteiger partial charge < -0.3 is 5.32 Å². The van der Waals surface area contributed by atoms with Crippen LogP contribution in [0.2, 0.25) is 0 Å². The molecule has 25 heavy (non-hydrogen) atoms. The molecule has 0 saturated carbocycles. The van der Waals surface area contributed by atoms with Crippen LogP contribution in [-0.2, 0) is 15.0 Å². The third-order valence-electron chi connectivity index (χ3n) is 4.30. The molecule has 1 aromatic heterocycles. The summed E-state index contributed by atoms with van der Waals surface area (Å²) in [5.74, 6) is -0.698. The molecule has 1 atom stereocenters. The van der Waals surface area contributed by atoms with Gasteiger partial charge in [-0.25, -0.2) is 13.3 Å². The minimum atomic E-state index is -3.72. The predicted octanol–water partition coefficient (Wildman–Crippen LogP) is 1.69. The Bertz CT molecular complexity index is 910. The van der Waals surface area contributed by atoms with E-state index in [1.165, 1.54) is 28.8 Å². The number of carbonyl (C=O) groups excluding carboxylic acids is 1. The number of rotatable bonds is 4. The van der Waals surface area contributed by atoms with Crippen LogP contribution in [0.1, 0.15) is 17.8 Å². The molecule has 134 valence electrons. The minimum Gasteiger partial charge on any atom is -0.326 e. The lowest BCUT2D eigenvalue weighted by molar-refractivity contribution is -0.119. The van der Waals surface area contributed by atoms with Crippen LogP contribution in [0.15, 0.2) is 30.6 Å². The van der Waals surface area contributed by atoms with Crippen molar-refractivity contribution in [2.24, 2.45) is 5.92 Å². The Morgan fingerprint density at radius 2 is 2.12 bits per heavy atom. The van der Waals surface area contributed by atoms with Crippen LogP contribution < -0.4 is 5.32 Å². The van der Waals surface area contributed by atoms with Gasteiger partial charge in [0.1, 0.15) is 11.6 Å². The molecule has 2 aromatic rings. The number of aryl methyl sites for hydroxylation is 2. The van der Waals surface area contributed by atoms with Crippen molar-refractivity contribution in [3.05, 3.63) is 47.8 Å². The van der Waals surface area contributed by atoms with E-state index in [4.69, 9.17) is 0 Å². The van der Waals surface area contributed by atoms with E-state index in [1.807, 2.05) is 0 Å². The number of hydrogen-bond acceptors (Lipinski definition) is 4. The first-order valence-corrected chi connectivity index (χ1v) is 9.26. The highest BCUT2D eigenvalue weighted by Gasteiger charge is 2.36. The molecular formula is C16H19FN4O3S. The molecule has 1 aliphatic rings. The highest BCUT2D eigenvalue weighted by molar-refractivity contribution is 7.87. The summed E-state index contributed by atoms with van der Waals surface area (Å²) in [4.78, 5) is 16.3. The fraction of sp³-hybridized carbons (Fsp3) is 0.375. The average Bonchev–Trinajstić information content (AvgIpc) is 3.20. The van der Waals surface area contributed by atoms with Gasteiger partial charge in [0.15, 0.2) is 0 Å². The molecule has 0 spiro atoms. The van der Waals surface area contributed by atoms with Gasteiger partial charge in [0, 0.05) is 31.2 Å². The number of nitrogens with one attached hydrogen (secondary N) is 1. The maximum absolute atomic E-state index is 13.3. The smallest absolute Gasteiger partial charge is 0.308 e. The van der Waals surface area contributed by atoms with Crippen LogP contribution in [0.25, 0.3) is 0 Å². The number of carbonyl (C=O) groups is 1. The predicted molar refractivity (Wildman–Crippen MR) is 90.7 cm³/mol. The minimum absolute atomic E-state index is 0.103. The van der Waals surface area contributed by atoms with Gasteiger partial charge in [0.05, 0.1) is 5.92 Å². The van der Waals surface area contributed by atoms with Crippen molar-refractivity contribution in [1.82, 2.24) is 13.3 Å². The van der Waals surface area contributed by atoms with Crippen LogP contribution in [0.5, 0.6) is 0 Å². The van der Waals surface area contributed by atoms with Crippen LogP contribution >= 0.6 is 0 Å². The third-order valence-corrected chi connectivity index (χ3v) is 6.17. The first-order chi connectivity index (χ1) is 11.8. The van der Waals surface area contributed by atoms with Gasteiger partial charge in [-0.15, -0.1) is 0 Å². The Morgan fingerprint density at radius 3 is 2.76 bits per heavy atom. The zero-order chi connectivity index (χ0) is 18.2. The van der Waals surface area contributed by atoms with Crippen molar-refractivity contribution in [3.8, 4) is 0 Å². The number of amides is 1. The molecule has 3 rings (SSSR count). The molecule has 2 heterocycles. The van der Waals surface area contributed by atoms with Crippen LogP contribution in [0, 0.1) is 25.6 Å². The first-order valence-electron chi connectivity index (χ1n) is 7.86. The van der Waals surface area contributed by atoms with E-state index in [-0.39, 0.29) is 24.8 Å². The standard InChI is InChI=1S/C16H19FN4O3S/c1-11-9-14(3-4-15(11)17)19-16(22)13-5-7-20(10-13)25(23,24)21-8-6-18-12(21)2/h3-4,6,8-9,13H,5,7,10H2,1-2H3,(H,19,22)/t13-/m0/s1. The molecule has 1 N–H and O–H groups in total. The maximum atomic E-state index is 13.3. The van der Waals surface area contributed by atoms with Gasteiger partial charge in [-0.1, -0.05) is 0 Å². The zero-order valence-corrected chi connectivity index (χ0v) is 14.8. The molecule has 0 radical (unpaired) electrons. The van der Waals surface area contributed by atoms with Crippen molar-refractivity contribution in [3.63, 3.8) is 0 Å². The molecule has 1 aliphatic heterocycles. The summed E-state index contributed by atoms with van der Waals surface area (Å²) in [6, 6.07) is 4.32. The van der Waals surface area contributed by atoms with Gasteiger partial charge >= 0.3 is 10.2 Å². The van der Waals surface area contributed by atoms with E-state index in [9.17, 15) is 17.6 Å². The van der Waals surface area contributed by atoms with Gasteiger partial charge in [-0.3, -0.25) is 4.79 Å². The third kappa shape index (κ3) is 3.42. The number of hydrogen-bond donors (Lipinski definition) is 1. The molecule has 1 fully saturated rings. The maximum Gasteiger partial charge on any atom is 0.308 e. The Balaban J connectivity index is 1.69. The number of nitrogens with zero attached hydrogens (tertiary/aromatic N) is 3. The second kappa shape index (κ2) is 6.57. The first kappa shape index (κ1) is 17.6. The van der Waals surface area contributed by atoms with Crippen LogP contribution in [0.4, 0.5) is 10.1 Å². The number of imidazole rings is 1. The highest BCUT2D eigenvalue weighted by atomic mass is 32.2. The largest absolute Gasteiger partial charge is 0.326 e. The molecule has 0 aliphatic carbocycles. The Morgan fingerprint density at radius 1 is 1.36 bits per heavy atom. The average molecular weight is 366 g/mol. The number of anilines is 1. The second-order valence-electron chi connectivity index (χ2n) is 6.07. The second-order valence-corrected chi connectivity index (χ2v) is 7.88. The summed E-state index contributed by atoms with van der Waals surface area (Å²) in [5, 5.41) is 2.72. The molecule has 1 amide bonds. The summed E-state index contributed by atoms with van der Waals surface area (Å²) in [7, 11) is -3.72. The summed E-state index contributed by atoms with van der Waals surface area (Å²) in [6.07, 6.45) is 3.24. The summed E-state index contributed by atoms with van der Waals surface area (Å²) >= 11 is 0. The number of benzene rings is 1. The van der Waals surface area contributed by atoms with Crippen LogP contribution in [0.3, 0.4) is 0 Å². The van der Waals surface area contributed by atoms with Gasteiger partial charge in [-0.05, 0) is 44.0 Å². The topological polar surface area (TPSA) is 84.3 Å². The quantitative estimate of drug-likeness (QED) is 0.892. The van der Waals surface area contributed by atoms with Gasteiger partial charge in [-0.2, -0.15) is 12.7 Å². The molecule has 7 nitrogen and oxygen atoms in total. The van der Waals surface area contributed by atoms with Gasteiger partial charge in [0.2, 0.25) is 5.91 Å². The summed E-state index contributed by atoms with van der Waals surface area (Å²) < 4.78 is 40.9. The van der Waals surface area contributed by atoms with Crippen molar-refractivity contribution in [1.29, 1.82) is 0 Å². The van der Waals surface area contributed by atoms with E-state index >= 15 is 0 Å². The number of aromatic nitrogens is 2. The van der Waals surface area contributed by atoms with E-state index in [2.05, 4.69) is 10.3 Å². The fourth-order valence-corrected chi connectivity index (χ4v) is 4.40. The Labute approximate surface area is 145 Å². The molecule has 0 unspecified atom stereocenters. The highest BCUT2D eigenvalue weighted by Crippen LogP contribution is 2.23. The van der Waals surface area contributed by atoms with E-state index in [0.29, 0.717) is 23.5 Å². The molecular weight excluding hydrogens is 347 g/mol. The Hall–Kier alpha value is -2.26. The van der Waals surface area contributed by atoms with Crippen molar-refractivity contribution in [2.75, 3.05) is 18.4 Å². The SMILES string of the molecule is Cc1cc(NC(=O)[C@H]2CCN(S(=O)(=O)n3ccnc3C)C2)ccc1F. The van der Waals surface area contributed by atoms with Gasteiger partial charge in [0.25, 0.3) is 0 Å². The van der Waals surface area contributed by atoms with E-state index < -0.39 is 16.1 Å². The lowest BCUT2D eigenvalue weighted by Crippen LogP contribution is -2.35. The fourth-order valence-electron chi connectivity index (χ4n) is 2.85. The molecule has 1 saturated heterocycles. The van der Waals surface area contributed by atoms with Crippen molar-refractivity contribution in [2.45, 2.75) is 20.3 Å². The monoisotopic (exact) mass is 366 g/mol. The van der Waals surface area contributed by atoms with E-state index in [0.717, 1.165) is 3.97 Å². The zero-order valence-electron chi connectivity index (χ0n) is 13.9. The molecule has 0 bridgehead atoms. The van der Waals surface area contributed by atoms with E-state index in [1.54, 1.807) is 19.9 Å². The summed E-state index contributed by atoms with van der Waals surface area (Å²) in [5.41, 5.74) is 0.930. The van der Waals surface area contributed by atoms with Crippen molar-refractivity contribution < 1.29 is 17.6 Å². The summed E-state index contributed by atoms with van der Waals surface area (Å²) in [6.45, 7) is 3.59. The molecule has 1 aromatic carbocycles. The lowest BCUT2D eigenvalue weighted by atomic mass is 10.1. The number of halogens is 1. The lowest BCUT2D eigenvalue weighted by Gasteiger charge is -2.17. The Kier molecular flexibility index (Phi) is 4.61.